The van der Waals surface area contributed by atoms with Gasteiger partial charge in [-0.3, -0.25) is 4.79 Å². The first-order valence-corrected chi connectivity index (χ1v) is 7.76. The van der Waals surface area contributed by atoms with Crippen LogP contribution in [0.2, 0.25) is 0 Å². The molecule has 1 fully saturated rings. The summed E-state index contributed by atoms with van der Waals surface area (Å²) in [6.45, 7) is 4.72. The van der Waals surface area contributed by atoms with E-state index < -0.39 is 0 Å². The second-order valence-corrected chi connectivity index (χ2v) is 6.12. The summed E-state index contributed by atoms with van der Waals surface area (Å²) in [5, 5.41) is 0. The van der Waals surface area contributed by atoms with Gasteiger partial charge in [0, 0.05) is 13.1 Å². The highest BCUT2D eigenvalue weighted by Gasteiger charge is 2.24. The number of amides is 1. The fraction of sp³-hybridized carbons (Fsp3) is 0.533. The number of nitrogens with two attached hydrogens (primary N) is 1. The van der Waals surface area contributed by atoms with Crippen molar-refractivity contribution in [2.75, 3.05) is 26.2 Å². The zero-order valence-electron chi connectivity index (χ0n) is 11.8. The van der Waals surface area contributed by atoms with E-state index in [9.17, 15) is 4.79 Å². The van der Waals surface area contributed by atoms with Gasteiger partial charge in [-0.05, 0) is 59.4 Å². The molecule has 0 unspecified atom stereocenters. The van der Waals surface area contributed by atoms with Crippen LogP contribution in [-0.4, -0.2) is 37.0 Å². The van der Waals surface area contributed by atoms with Crippen molar-refractivity contribution in [1.82, 2.24) is 4.90 Å². The number of carbonyl (C=O) groups is 1. The van der Waals surface area contributed by atoms with E-state index in [0.29, 0.717) is 25.5 Å². The van der Waals surface area contributed by atoms with Crippen molar-refractivity contribution in [3.8, 4) is 5.75 Å². The van der Waals surface area contributed by atoms with Gasteiger partial charge < -0.3 is 15.4 Å². The van der Waals surface area contributed by atoms with Gasteiger partial charge in [-0.1, -0.05) is 6.07 Å². The van der Waals surface area contributed by atoms with Crippen LogP contribution in [-0.2, 0) is 4.79 Å². The van der Waals surface area contributed by atoms with Crippen LogP contribution in [0.3, 0.4) is 0 Å². The highest BCUT2D eigenvalue weighted by atomic mass is 79.9. The third-order valence-corrected chi connectivity index (χ3v) is 4.25. The molecule has 1 heterocycles. The van der Waals surface area contributed by atoms with Crippen molar-refractivity contribution in [2.24, 2.45) is 11.7 Å². The fourth-order valence-electron chi connectivity index (χ4n) is 2.38. The predicted molar refractivity (Wildman–Crippen MR) is 82.7 cm³/mol. The molecule has 4 nitrogen and oxygen atoms in total. The van der Waals surface area contributed by atoms with Crippen LogP contribution in [0.1, 0.15) is 18.4 Å². The van der Waals surface area contributed by atoms with Crippen molar-refractivity contribution in [3.05, 3.63) is 28.2 Å². The molecule has 0 spiro atoms. The van der Waals surface area contributed by atoms with Crippen LogP contribution in [0.15, 0.2) is 22.7 Å². The van der Waals surface area contributed by atoms with Gasteiger partial charge in [0.2, 0.25) is 5.91 Å². The summed E-state index contributed by atoms with van der Waals surface area (Å²) >= 11 is 3.46. The molecule has 0 saturated carbocycles. The maximum absolute atomic E-state index is 12.0. The second-order valence-electron chi connectivity index (χ2n) is 5.26. The number of aryl methyl sites for hydroxylation is 1. The Bertz CT molecular complexity index is 479. The van der Waals surface area contributed by atoms with Gasteiger partial charge in [-0.25, -0.2) is 0 Å². The van der Waals surface area contributed by atoms with Crippen LogP contribution in [0, 0.1) is 12.8 Å². The molecule has 110 valence electrons. The van der Waals surface area contributed by atoms with Crippen LogP contribution >= 0.6 is 15.9 Å². The summed E-state index contributed by atoms with van der Waals surface area (Å²) in [6, 6.07) is 5.92. The SMILES string of the molecule is Cc1ccc(OCCC(=O)N2CC[C@H](CN)C2)c(Br)c1. The van der Waals surface area contributed by atoms with Gasteiger partial charge >= 0.3 is 0 Å². The Morgan fingerprint density at radius 2 is 2.35 bits per heavy atom. The van der Waals surface area contributed by atoms with Crippen LogP contribution in [0.4, 0.5) is 0 Å². The van der Waals surface area contributed by atoms with Crippen molar-refractivity contribution >= 4 is 21.8 Å². The average Bonchev–Trinajstić information content (AvgIpc) is 2.90. The van der Waals surface area contributed by atoms with Gasteiger partial charge in [0.25, 0.3) is 0 Å². The number of likely N-dealkylation sites (tertiary alicyclic amines) is 1. The molecule has 2 rings (SSSR count). The smallest absolute Gasteiger partial charge is 0.226 e. The van der Waals surface area contributed by atoms with Crippen molar-refractivity contribution in [3.63, 3.8) is 0 Å². The van der Waals surface area contributed by atoms with E-state index in [1.54, 1.807) is 0 Å². The molecule has 1 aliphatic heterocycles. The van der Waals surface area contributed by atoms with E-state index in [2.05, 4.69) is 15.9 Å². The summed E-state index contributed by atoms with van der Waals surface area (Å²) < 4.78 is 6.58. The molecule has 5 heteroatoms. The third-order valence-electron chi connectivity index (χ3n) is 3.63. The zero-order valence-corrected chi connectivity index (χ0v) is 13.4. The Hall–Kier alpha value is -1.07. The third kappa shape index (κ3) is 3.96. The molecule has 1 saturated heterocycles. The Morgan fingerprint density at radius 3 is 3.00 bits per heavy atom. The maximum atomic E-state index is 12.0. The van der Waals surface area contributed by atoms with Gasteiger partial charge in [0.05, 0.1) is 17.5 Å². The minimum Gasteiger partial charge on any atom is -0.492 e. The Morgan fingerprint density at radius 1 is 1.55 bits per heavy atom. The number of hydrogen-bond acceptors (Lipinski definition) is 3. The lowest BCUT2D eigenvalue weighted by Gasteiger charge is -2.16. The fourth-order valence-corrected chi connectivity index (χ4v) is 2.99. The van der Waals surface area contributed by atoms with E-state index >= 15 is 0 Å². The van der Waals surface area contributed by atoms with Crippen molar-refractivity contribution in [2.45, 2.75) is 19.8 Å². The molecule has 20 heavy (non-hydrogen) atoms. The minimum atomic E-state index is 0.157. The number of nitrogens with zero attached hydrogens (tertiary/aromatic N) is 1. The highest BCUT2D eigenvalue weighted by Crippen LogP contribution is 2.26. The zero-order chi connectivity index (χ0) is 14.5. The molecule has 0 radical (unpaired) electrons. The summed E-state index contributed by atoms with van der Waals surface area (Å²) in [7, 11) is 0. The molecule has 1 amide bonds. The topological polar surface area (TPSA) is 55.6 Å². The minimum absolute atomic E-state index is 0.157. The number of rotatable bonds is 5. The van der Waals surface area contributed by atoms with Crippen molar-refractivity contribution in [1.29, 1.82) is 0 Å². The average molecular weight is 341 g/mol. The van der Waals surface area contributed by atoms with Crippen LogP contribution in [0.25, 0.3) is 0 Å². The summed E-state index contributed by atoms with van der Waals surface area (Å²) in [5.74, 6) is 1.40. The van der Waals surface area contributed by atoms with E-state index in [0.717, 1.165) is 29.7 Å². The molecule has 0 aliphatic carbocycles. The van der Waals surface area contributed by atoms with Crippen LogP contribution in [0.5, 0.6) is 5.75 Å². The lowest BCUT2D eigenvalue weighted by Crippen LogP contribution is -2.30. The number of halogens is 1. The molecule has 2 N–H and O–H groups in total. The first-order valence-electron chi connectivity index (χ1n) is 6.97. The highest BCUT2D eigenvalue weighted by molar-refractivity contribution is 9.10. The van der Waals surface area contributed by atoms with Gasteiger partial charge in [0.1, 0.15) is 5.75 Å². The maximum Gasteiger partial charge on any atom is 0.226 e. The molecule has 1 aliphatic rings. The van der Waals surface area contributed by atoms with Gasteiger partial charge in [0.15, 0.2) is 0 Å². The number of ether oxygens (including phenoxy) is 1. The monoisotopic (exact) mass is 340 g/mol. The van der Waals surface area contributed by atoms with Gasteiger partial charge in [-0.15, -0.1) is 0 Å². The normalized spacial score (nSPS) is 18.4. The van der Waals surface area contributed by atoms with Crippen LogP contribution < -0.4 is 10.5 Å². The number of carbonyl (C=O) groups excluding carboxylic acids is 1. The quantitative estimate of drug-likeness (QED) is 0.894. The Kier molecular flexibility index (Phi) is 5.43. The summed E-state index contributed by atoms with van der Waals surface area (Å²) in [6.07, 6.45) is 1.43. The largest absolute Gasteiger partial charge is 0.492 e. The summed E-state index contributed by atoms with van der Waals surface area (Å²) in [5.41, 5.74) is 6.80. The lowest BCUT2D eigenvalue weighted by molar-refractivity contribution is -0.130. The van der Waals surface area contributed by atoms with E-state index in [4.69, 9.17) is 10.5 Å². The molecule has 1 aromatic carbocycles. The van der Waals surface area contributed by atoms with E-state index in [1.807, 2.05) is 30.0 Å². The molecule has 0 bridgehead atoms. The standard InChI is InChI=1S/C15H21BrN2O2/c1-11-2-3-14(13(16)8-11)20-7-5-15(19)18-6-4-12(9-17)10-18/h2-3,8,12H,4-7,9-10,17H2,1H3/t12-/m1/s1. The Balaban J connectivity index is 1.77. The van der Waals surface area contributed by atoms with E-state index in [1.165, 1.54) is 5.56 Å². The van der Waals surface area contributed by atoms with E-state index in [-0.39, 0.29) is 5.91 Å². The molecular weight excluding hydrogens is 320 g/mol. The summed E-state index contributed by atoms with van der Waals surface area (Å²) in [4.78, 5) is 13.9. The molecule has 0 aromatic heterocycles. The first kappa shape index (κ1) is 15.3. The number of benzene rings is 1. The van der Waals surface area contributed by atoms with Gasteiger partial charge in [-0.2, -0.15) is 0 Å². The first-order chi connectivity index (χ1) is 9.60. The molecule has 1 atom stereocenters. The predicted octanol–water partition coefficient (Wildman–Crippen LogP) is 2.33. The lowest BCUT2D eigenvalue weighted by atomic mass is 10.1. The second kappa shape index (κ2) is 7.09. The Labute approximate surface area is 128 Å². The molecular formula is C15H21BrN2O2. The van der Waals surface area contributed by atoms with Crippen molar-refractivity contribution < 1.29 is 9.53 Å². The molecule has 1 aromatic rings. The number of hydrogen-bond donors (Lipinski definition) is 1.